The number of rotatable bonds is 6. The van der Waals surface area contributed by atoms with Crippen molar-refractivity contribution in [1.82, 2.24) is 15.5 Å². The van der Waals surface area contributed by atoms with Gasteiger partial charge in [0.15, 0.2) is 9.84 Å². The van der Waals surface area contributed by atoms with E-state index in [0.29, 0.717) is 25.8 Å². The van der Waals surface area contributed by atoms with E-state index in [1.807, 2.05) is 20.8 Å². The smallest absolute Gasteiger partial charge is 0.315 e. The Morgan fingerprint density at radius 2 is 1.58 bits per heavy atom. The van der Waals surface area contributed by atoms with Gasteiger partial charge in [-0.2, -0.15) is 0 Å². The van der Waals surface area contributed by atoms with Crippen molar-refractivity contribution >= 4 is 28.1 Å². The molecular weight excluding hydrogens is 442 g/mol. The second kappa shape index (κ2) is 9.55. The number of urea groups is 1. The van der Waals surface area contributed by atoms with Crippen molar-refractivity contribution in [3.63, 3.8) is 0 Å². The van der Waals surface area contributed by atoms with Crippen LogP contribution in [0.1, 0.15) is 93.4 Å². The van der Waals surface area contributed by atoms with E-state index in [2.05, 4.69) is 10.6 Å². The number of carbonyl (C=O) groups is 3. The lowest BCUT2D eigenvalue weighted by Gasteiger charge is -2.41. The van der Waals surface area contributed by atoms with Gasteiger partial charge >= 0.3 is 6.03 Å². The average molecular weight is 486 g/mol. The van der Waals surface area contributed by atoms with Crippen LogP contribution < -0.4 is 10.6 Å². The predicted molar refractivity (Wildman–Crippen MR) is 130 cm³/mol. The lowest BCUT2D eigenvalue weighted by Crippen LogP contribution is -2.63. The van der Waals surface area contributed by atoms with E-state index in [9.17, 15) is 22.8 Å². The fraction of sp³-hybridized carbons (Fsp3) is 0.875. The minimum absolute atomic E-state index is 0.125. The normalized spacial score (nSPS) is 24.8. The number of nitrogens with zero attached hydrogens (tertiary/aromatic N) is 1. The highest BCUT2D eigenvalue weighted by Crippen LogP contribution is 2.33. The summed E-state index contributed by atoms with van der Waals surface area (Å²) < 4.78 is 25.1. The Morgan fingerprint density at radius 3 is 2.06 bits per heavy atom. The molecule has 0 aromatic rings. The largest absolute Gasteiger partial charge is 0.332 e. The zero-order chi connectivity index (χ0) is 25.3. The van der Waals surface area contributed by atoms with Gasteiger partial charge in [0.25, 0.3) is 0 Å². The summed E-state index contributed by atoms with van der Waals surface area (Å²) >= 11 is 0. The minimum atomic E-state index is -3.46. The molecular formula is C24H43N3O5S. The van der Waals surface area contributed by atoms with E-state index in [1.54, 1.807) is 32.6 Å². The lowest BCUT2D eigenvalue weighted by molar-refractivity contribution is -0.142. The van der Waals surface area contributed by atoms with E-state index >= 15 is 0 Å². The summed E-state index contributed by atoms with van der Waals surface area (Å²) in [6.07, 6.45) is 5.99. The molecule has 2 rings (SSSR count). The summed E-state index contributed by atoms with van der Waals surface area (Å²) in [5.41, 5.74) is -2.33. The minimum Gasteiger partial charge on any atom is -0.332 e. The van der Waals surface area contributed by atoms with Crippen molar-refractivity contribution in [2.45, 2.75) is 115 Å². The molecule has 2 N–H and O–H groups in total. The lowest BCUT2D eigenvalue weighted by atomic mass is 9.83. The number of amides is 3. The van der Waals surface area contributed by atoms with Crippen LogP contribution in [0.3, 0.4) is 0 Å². The van der Waals surface area contributed by atoms with Crippen molar-refractivity contribution in [2.24, 2.45) is 5.41 Å². The van der Waals surface area contributed by atoms with Crippen LogP contribution in [0, 0.1) is 5.41 Å². The van der Waals surface area contributed by atoms with E-state index in [0.717, 1.165) is 32.0 Å². The van der Waals surface area contributed by atoms with Crippen LogP contribution in [0.2, 0.25) is 0 Å². The fourth-order valence-electron chi connectivity index (χ4n) is 4.80. The average Bonchev–Trinajstić information content (AvgIpc) is 3.06. The van der Waals surface area contributed by atoms with Gasteiger partial charge in [-0.05, 0) is 58.8 Å². The second-order valence-corrected chi connectivity index (χ2v) is 14.9. The number of likely N-dealkylation sites (tertiary alicyclic amines) is 1. The van der Waals surface area contributed by atoms with Gasteiger partial charge in [-0.15, -0.1) is 0 Å². The second-order valence-electron chi connectivity index (χ2n) is 12.2. The third kappa shape index (κ3) is 6.28. The van der Waals surface area contributed by atoms with E-state index in [4.69, 9.17) is 0 Å². The van der Waals surface area contributed by atoms with Gasteiger partial charge < -0.3 is 20.3 Å². The highest BCUT2D eigenvalue weighted by molar-refractivity contribution is 7.92. The molecule has 1 unspecified atom stereocenters. The topological polar surface area (TPSA) is 113 Å². The Morgan fingerprint density at radius 1 is 1.00 bits per heavy atom. The first-order valence-electron chi connectivity index (χ1n) is 12.1. The Kier molecular flexibility index (Phi) is 7.98. The Labute approximate surface area is 199 Å². The SMILES string of the molecule is CC(C)(C)C(NC(=O)NC1(CS(=O)(=O)C(C)(C)C)CCCCC1)C(=O)N1CCC[C@@]1(C)C=O. The quantitative estimate of drug-likeness (QED) is 0.561. The van der Waals surface area contributed by atoms with Crippen molar-refractivity contribution < 1.29 is 22.8 Å². The van der Waals surface area contributed by atoms with Gasteiger partial charge in [0.05, 0.1) is 21.6 Å². The molecule has 0 aromatic heterocycles. The Balaban J connectivity index is 2.26. The zero-order valence-electron chi connectivity index (χ0n) is 21.4. The van der Waals surface area contributed by atoms with Crippen molar-refractivity contribution in [2.75, 3.05) is 12.3 Å². The first-order chi connectivity index (χ1) is 15.0. The first kappa shape index (κ1) is 27.6. The highest BCUT2D eigenvalue weighted by Gasteiger charge is 2.46. The number of carbonyl (C=O) groups excluding carboxylic acids is 3. The molecule has 1 saturated carbocycles. The van der Waals surface area contributed by atoms with Crippen LogP contribution in [0.15, 0.2) is 0 Å². The van der Waals surface area contributed by atoms with Crippen LogP contribution in [0.25, 0.3) is 0 Å². The fourth-order valence-corrected chi connectivity index (χ4v) is 6.32. The summed E-state index contributed by atoms with van der Waals surface area (Å²) in [5.74, 6) is -0.412. The van der Waals surface area contributed by atoms with Gasteiger partial charge in [0.2, 0.25) is 5.91 Å². The molecule has 1 aliphatic heterocycles. The zero-order valence-corrected chi connectivity index (χ0v) is 22.2. The summed E-state index contributed by atoms with van der Waals surface area (Å²) in [6, 6.07) is -1.39. The molecule has 1 saturated heterocycles. The molecule has 0 aromatic carbocycles. The summed E-state index contributed by atoms with van der Waals surface area (Å²) in [7, 11) is -3.46. The van der Waals surface area contributed by atoms with E-state index in [1.165, 1.54) is 0 Å². The highest BCUT2D eigenvalue weighted by atomic mass is 32.2. The number of hydrogen-bond donors (Lipinski definition) is 2. The Hall–Kier alpha value is -1.64. The molecule has 8 nitrogen and oxygen atoms in total. The van der Waals surface area contributed by atoms with Crippen molar-refractivity contribution in [1.29, 1.82) is 0 Å². The predicted octanol–water partition coefficient (Wildman–Crippen LogP) is 3.20. The van der Waals surface area contributed by atoms with Gasteiger partial charge in [-0.1, -0.05) is 40.0 Å². The molecule has 2 aliphatic rings. The standard InChI is InChI=1S/C24H43N3O5S/c1-21(2,3)18(19(29)27-15-11-12-23(27,7)16-28)25-20(30)26-24(13-9-8-10-14-24)17-33(31,32)22(4,5)6/h16,18H,8-15,17H2,1-7H3,(H2,25,26,30)/t18?,23-/m0/s1. The molecule has 9 heteroatoms. The number of nitrogens with one attached hydrogen (secondary N) is 2. The maximum atomic E-state index is 13.5. The monoisotopic (exact) mass is 485 g/mol. The first-order valence-corrected chi connectivity index (χ1v) is 13.7. The summed E-state index contributed by atoms with van der Waals surface area (Å²) in [5, 5.41) is 5.81. The van der Waals surface area contributed by atoms with Crippen LogP contribution in [-0.2, 0) is 19.4 Å². The Bertz CT molecular complexity index is 850. The van der Waals surface area contributed by atoms with Crippen LogP contribution in [0.4, 0.5) is 4.79 Å². The van der Waals surface area contributed by atoms with Gasteiger partial charge in [0, 0.05) is 6.54 Å². The maximum Gasteiger partial charge on any atom is 0.315 e. The van der Waals surface area contributed by atoms with Gasteiger partial charge in [-0.3, -0.25) is 4.79 Å². The number of hydrogen-bond acceptors (Lipinski definition) is 5. The van der Waals surface area contributed by atoms with E-state index in [-0.39, 0.29) is 11.7 Å². The molecule has 3 amide bonds. The molecule has 1 aliphatic carbocycles. The van der Waals surface area contributed by atoms with Crippen molar-refractivity contribution in [3.05, 3.63) is 0 Å². The van der Waals surface area contributed by atoms with Gasteiger partial charge in [0.1, 0.15) is 12.3 Å². The third-order valence-electron chi connectivity index (χ3n) is 7.18. The number of aldehydes is 1. The molecule has 0 radical (unpaired) electrons. The summed E-state index contributed by atoms with van der Waals surface area (Å²) in [4.78, 5) is 39.9. The van der Waals surface area contributed by atoms with Crippen LogP contribution in [-0.4, -0.2) is 65.7 Å². The van der Waals surface area contributed by atoms with Gasteiger partial charge in [-0.25, -0.2) is 13.2 Å². The molecule has 0 spiro atoms. The maximum absolute atomic E-state index is 13.5. The summed E-state index contributed by atoms with van der Waals surface area (Å²) in [6.45, 7) is 12.8. The molecule has 190 valence electrons. The van der Waals surface area contributed by atoms with Crippen LogP contribution >= 0.6 is 0 Å². The molecule has 2 atom stereocenters. The molecule has 0 bridgehead atoms. The molecule has 2 fully saturated rings. The number of sulfone groups is 1. The van der Waals surface area contributed by atoms with Crippen molar-refractivity contribution in [3.8, 4) is 0 Å². The van der Waals surface area contributed by atoms with E-state index < -0.39 is 43.2 Å². The molecule has 1 heterocycles. The molecule has 33 heavy (non-hydrogen) atoms. The van der Waals surface area contributed by atoms with Crippen LogP contribution in [0.5, 0.6) is 0 Å². The third-order valence-corrected chi connectivity index (χ3v) is 9.98.